The highest BCUT2D eigenvalue weighted by molar-refractivity contribution is 6.30. The van der Waals surface area contributed by atoms with Crippen molar-refractivity contribution in [3.8, 4) is 17.2 Å². The summed E-state index contributed by atoms with van der Waals surface area (Å²) in [4.78, 5) is 8.91. The lowest BCUT2D eigenvalue weighted by atomic mass is 10.0. The van der Waals surface area contributed by atoms with Crippen LogP contribution < -0.4 is 14.2 Å². The van der Waals surface area contributed by atoms with E-state index in [0.717, 1.165) is 38.6 Å². The Morgan fingerprint density at radius 3 is 2.36 bits per heavy atom. The third-order valence-corrected chi connectivity index (χ3v) is 5.10. The van der Waals surface area contributed by atoms with Gasteiger partial charge in [-0.1, -0.05) is 11.6 Å². The first-order valence-electron chi connectivity index (χ1n) is 8.74. The van der Waals surface area contributed by atoms with Crippen molar-refractivity contribution in [1.82, 2.24) is 9.97 Å². The molecule has 0 unspecified atom stereocenters. The number of pyridine rings is 2. The molecule has 28 heavy (non-hydrogen) atoms. The van der Waals surface area contributed by atoms with Crippen molar-refractivity contribution in [2.24, 2.45) is 0 Å². The molecule has 4 rings (SSSR count). The minimum atomic E-state index is 0.482. The molecule has 0 amide bonds. The summed E-state index contributed by atoms with van der Waals surface area (Å²) in [7, 11) is 4.90. The van der Waals surface area contributed by atoms with Gasteiger partial charge < -0.3 is 14.2 Å². The number of halogens is 1. The maximum absolute atomic E-state index is 6.48. The quantitative estimate of drug-likeness (QED) is 0.443. The van der Waals surface area contributed by atoms with E-state index in [1.807, 2.05) is 48.8 Å². The summed E-state index contributed by atoms with van der Waals surface area (Å²) in [5, 5.41) is 3.47. The van der Waals surface area contributed by atoms with Crippen molar-refractivity contribution in [3.63, 3.8) is 0 Å². The largest absolute Gasteiger partial charge is 0.497 e. The van der Waals surface area contributed by atoms with E-state index in [-0.39, 0.29) is 0 Å². The molecule has 2 heterocycles. The van der Waals surface area contributed by atoms with E-state index in [4.69, 9.17) is 25.8 Å². The molecule has 142 valence electrons. The fourth-order valence-corrected chi connectivity index (χ4v) is 3.54. The average molecular weight is 395 g/mol. The molecule has 2 aromatic heterocycles. The van der Waals surface area contributed by atoms with Crippen LogP contribution in [0.25, 0.3) is 21.7 Å². The molecule has 0 bridgehead atoms. The van der Waals surface area contributed by atoms with Gasteiger partial charge in [0.05, 0.1) is 26.8 Å². The summed E-state index contributed by atoms with van der Waals surface area (Å²) in [6, 6.07) is 11.7. The molecule has 0 saturated carbocycles. The predicted molar refractivity (Wildman–Crippen MR) is 111 cm³/mol. The first-order chi connectivity index (χ1) is 13.6. The molecule has 6 heteroatoms. The molecule has 0 radical (unpaired) electrons. The Labute approximate surface area is 167 Å². The molecule has 0 aliphatic carbocycles. The predicted octanol–water partition coefficient (Wildman–Crippen LogP) is 5.05. The Kier molecular flexibility index (Phi) is 4.92. The fraction of sp³-hybridized carbons (Fsp3) is 0.182. The van der Waals surface area contributed by atoms with Gasteiger partial charge in [0.25, 0.3) is 0 Å². The number of fused-ring (bicyclic) bond motifs is 2. The van der Waals surface area contributed by atoms with E-state index in [0.29, 0.717) is 23.1 Å². The monoisotopic (exact) mass is 394 g/mol. The van der Waals surface area contributed by atoms with Gasteiger partial charge in [-0.25, -0.2) is 4.98 Å². The number of benzene rings is 2. The first kappa shape index (κ1) is 18.3. The van der Waals surface area contributed by atoms with Crippen LogP contribution in [0.2, 0.25) is 5.15 Å². The average Bonchev–Trinajstić information content (AvgIpc) is 2.73. The van der Waals surface area contributed by atoms with Crippen LogP contribution in [0.1, 0.15) is 11.1 Å². The van der Waals surface area contributed by atoms with Gasteiger partial charge in [0.15, 0.2) is 11.5 Å². The molecule has 0 saturated heterocycles. The third-order valence-electron chi connectivity index (χ3n) is 4.77. The zero-order valence-electron chi connectivity index (χ0n) is 15.8. The molecule has 0 fully saturated rings. The van der Waals surface area contributed by atoms with Crippen molar-refractivity contribution in [3.05, 3.63) is 65.1 Å². The molecular formula is C22H19ClN2O3. The number of ether oxygens (including phenoxy) is 3. The second-order valence-corrected chi connectivity index (χ2v) is 6.76. The summed E-state index contributed by atoms with van der Waals surface area (Å²) < 4.78 is 16.2. The van der Waals surface area contributed by atoms with Crippen molar-refractivity contribution >= 4 is 33.3 Å². The number of methoxy groups -OCH3 is 3. The Bertz CT molecular complexity index is 1180. The van der Waals surface area contributed by atoms with Gasteiger partial charge in [0.1, 0.15) is 10.9 Å². The van der Waals surface area contributed by atoms with Gasteiger partial charge >= 0.3 is 0 Å². The van der Waals surface area contributed by atoms with Gasteiger partial charge in [-0.3, -0.25) is 4.98 Å². The van der Waals surface area contributed by atoms with Crippen LogP contribution in [-0.4, -0.2) is 31.3 Å². The Balaban J connectivity index is 1.82. The maximum atomic E-state index is 6.48. The Morgan fingerprint density at radius 1 is 0.821 bits per heavy atom. The highest BCUT2D eigenvalue weighted by Crippen LogP contribution is 2.34. The molecule has 0 atom stereocenters. The lowest BCUT2D eigenvalue weighted by Crippen LogP contribution is -1.97. The minimum absolute atomic E-state index is 0.482. The highest BCUT2D eigenvalue weighted by atomic mass is 35.5. The van der Waals surface area contributed by atoms with Crippen molar-refractivity contribution in [2.45, 2.75) is 6.42 Å². The normalized spacial score (nSPS) is 11.0. The topological polar surface area (TPSA) is 53.5 Å². The summed E-state index contributed by atoms with van der Waals surface area (Å²) >= 11 is 6.48. The standard InChI is InChI=1S/C22H19ClN2O3/c1-26-17-4-5-19-13(8-17)6-14(22(23)25-19)7-15-11-24-12-16-9-20(27-2)21(28-3)10-18(15)16/h4-6,8-12H,7H2,1-3H3. The van der Waals surface area contributed by atoms with E-state index in [9.17, 15) is 0 Å². The Morgan fingerprint density at radius 2 is 1.61 bits per heavy atom. The number of hydrogen-bond acceptors (Lipinski definition) is 5. The number of rotatable bonds is 5. The van der Waals surface area contributed by atoms with E-state index >= 15 is 0 Å². The van der Waals surface area contributed by atoms with Gasteiger partial charge in [-0.05, 0) is 52.9 Å². The zero-order valence-corrected chi connectivity index (χ0v) is 16.6. The Hall–Kier alpha value is -3.05. The summed E-state index contributed by atoms with van der Waals surface area (Å²) in [5.41, 5.74) is 2.79. The van der Waals surface area contributed by atoms with E-state index in [1.54, 1.807) is 21.3 Å². The minimum Gasteiger partial charge on any atom is -0.497 e. The van der Waals surface area contributed by atoms with Crippen LogP contribution in [0.4, 0.5) is 0 Å². The van der Waals surface area contributed by atoms with E-state index in [1.165, 1.54) is 0 Å². The van der Waals surface area contributed by atoms with Crippen molar-refractivity contribution in [1.29, 1.82) is 0 Å². The third kappa shape index (κ3) is 3.29. The van der Waals surface area contributed by atoms with E-state index < -0.39 is 0 Å². The van der Waals surface area contributed by atoms with Gasteiger partial charge in [0.2, 0.25) is 0 Å². The van der Waals surface area contributed by atoms with Crippen LogP contribution in [0.5, 0.6) is 17.2 Å². The zero-order chi connectivity index (χ0) is 19.7. The summed E-state index contributed by atoms with van der Waals surface area (Å²) in [6.45, 7) is 0. The second kappa shape index (κ2) is 7.52. The molecule has 0 spiro atoms. The fourth-order valence-electron chi connectivity index (χ4n) is 3.33. The van der Waals surface area contributed by atoms with Gasteiger partial charge in [-0.2, -0.15) is 0 Å². The molecule has 5 nitrogen and oxygen atoms in total. The number of nitrogens with zero attached hydrogens (tertiary/aromatic N) is 2. The second-order valence-electron chi connectivity index (χ2n) is 6.40. The van der Waals surface area contributed by atoms with Crippen LogP contribution in [0.3, 0.4) is 0 Å². The number of aromatic nitrogens is 2. The number of hydrogen-bond donors (Lipinski definition) is 0. The molecule has 0 N–H and O–H groups in total. The van der Waals surface area contributed by atoms with Crippen LogP contribution in [0.15, 0.2) is 48.8 Å². The van der Waals surface area contributed by atoms with Crippen molar-refractivity contribution < 1.29 is 14.2 Å². The van der Waals surface area contributed by atoms with Crippen LogP contribution >= 0.6 is 11.6 Å². The van der Waals surface area contributed by atoms with Gasteiger partial charge in [0, 0.05) is 29.6 Å². The molecule has 0 aliphatic rings. The maximum Gasteiger partial charge on any atom is 0.161 e. The van der Waals surface area contributed by atoms with Crippen LogP contribution in [0, 0.1) is 0 Å². The van der Waals surface area contributed by atoms with E-state index in [2.05, 4.69) is 9.97 Å². The summed E-state index contributed by atoms with van der Waals surface area (Å²) in [6.07, 6.45) is 4.26. The smallest absolute Gasteiger partial charge is 0.161 e. The lowest BCUT2D eigenvalue weighted by Gasteiger charge is -2.12. The SMILES string of the molecule is COc1ccc2nc(Cl)c(Cc3cncc4cc(OC)c(OC)cc34)cc2c1. The first-order valence-corrected chi connectivity index (χ1v) is 9.12. The molecular weight excluding hydrogens is 376 g/mol. The van der Waals surface area contributed by atoms with Crippen LogP contribution in [-0.2, 0) is 6.42 Å². The molecule has 4 aromatic rings. The summed E-state index contributed by atoms with van der Waals surface area (Å²) in [5.74, 6) is 2.13. The highest BCUT2D eigenvalue weighted by Gasteiger charge is 2.12. The lowest BCUT2D eigenvalue weighted by molar-refractivity contribution is 0.356. The van der Waals surface area contributed by atoms with Crippen molar-refractivity contribution in [2.75, 3.05) is 21.3 Å². The molecule has 2 aromatic carbocycles. The van der Waals surface area contributed by atoms with Gasteiger partial charge in [-0.15, -0.1) is 0 Å². The molecule has 0 aliphatic heterocycles.